The standard InChI is InChI=1S/C19H14FN3O5/c20-12-7-6-11-3-2-8-21(15(11)9-12)16(24)10-22-18(25)13-4-1-5-14(23(27)28)17(13)19(22)26/h1,4-7,9H,2-3,8,10H2. The fourth-order valence-electron chi connectivity index (χ4n) is 3.64. The molecule has 28 heavy (non-hydrogen) atoms. The van der Waals surface area contributed by atoms with Gasteiger partial charge in [-0.2, -0.15) is 0 Å². The number of fused-ring (bicyclic) bond motifs is 2. The van der Waals surface area contributed by atoms with Gasteiger partial charge in [-0.1, -0.05) is 12.1 Å². The molecule has 8 nitrogen and oxygen atoms in total. The second-order valence-corrected chi connectivity index (χ2v) is 6.58. The monoisotopic (exact) mass is 383 g/mol. The highest BCUT2D eigenvalue weighted by Crippen LogP contribution is 2.32. The van der Waals surface area contributed by atoms with E-state index in [0.717, 1.165) is 11.6 Å². The lowest BCUT2D eigenvalue weighted by atomic mass is 10.0. The van der Waals surface area contributed by atoms with E-state index in [2.05, 4.69) is 0 Å². The molecule has 0 fully saturated rings. The van der Waals surface area contributed by atoms with Crippen LogP contribution in [0.25, 0.3) is 0 Å². The van der Waals surface area contributed by atoms with Gasteiger partial charge < -0.3 is 4.90 Å². The van der Waals surface area contributed by atoms with E-state index in [9.17, 15) is 28.9 Å². The fraction of sp³-hybridized carbons (Fsp3) is 0.211. The first-order valence-electron chi connectivity index (χ1n) is 8.61. The van der Waals surface area contributed by atoms with E-state index in [-0.39, 0.29) is 11.1 Å². The maximum absolute atomic E-state index is 13.6. The number of hydrogen-bond acceptors (Lipinski definition) is 5. The number of benzene rings is 2. The van der Waals surface area contributed by atoms with Crippen LogP contribution in [0.1, 0.15) is 32.7 Å². The van der Waals surface area contributed by atoms with E-state index in [4.69, 9.17) is 0 Å². The van der Waals surface area contributed by atoms with E-state index in [1.807, 2.05) is 0 Å². The van der Waals surface area contributed by atoms with Crippen LogP contribution in [0.2, 0.25) is 0 Å². The summed E-state index contributed by atoms with van der Waals surface area (Å²) in [5.74, 6) is -2.68. The van der Waals surface area contributed by atoms with Crippen LogP contribution in [-0.4, -0.2) is 40.6 Å². The summed E-state index contributed by atoms with van der Waals surface area (Å²) < 4.78 is 13.6. The highest BCUT2D eigenvalue weighted by Gasteiger charge is 2.42. The van der Waals surface area contributed by atoms with Gasteiger partial charge in [0.2, 0.25) is 5.91 Å². The predicted molar refractivity (Wildman–Crippen MR) is 95.5 cm³/mol. The zero-order chi connectivity index (χ0) is 20.0. The number of halogens is 1. The summed E-state index contributed by atoms with van der Waals surface area (Å²) in [7, 11) is 0. The third-order valence-corrected chi connectivity index (χ3v) is 4.93. The maximum atomic E-state index is 13.6. The van der Waals surface area contributed by atoms with Crippen LogP contribution in [0.15, 0.2) is 36.4 Å². The van der Waals surface area contributed by atoms with Gasteiger partial charge in [0.25, 0.3) is 17.5 Å². The lowest BCUT2D eigenvalue weighted by molar-refractivity contribution is -0.385. The molecule has 0 saturated carbocycles. The van der Waals surface area contributed by atoms with Crippen molar-refractivity contribution in [3.63, 3.8) is 0 Å². The second kappa shape index (κ2) is 6.52. The van der Waals surface area contributed by atoms with Gasteiger partial charge >= 0.3 is 0 Å². The number of carbonyl (C=O) groups is 3. The Labute approximate surface area is 158 Å². The molecule has 0 atom stereocenters. The topological polar surface area (TPSA) is 101 Å². The van der Waals surface area contributed by atoms with Gasteiger partial charge in [0.15, 0.2) is 0 Å². The smallest absolute Gasteiger partial charge is 0.282 e. The number of amides is 3. The number of nitrogens with zero attached hydrogens (tertiary/aromatic N) is 3. The molecule has 0 aromatic heterocycles. The van der Waals surface area contributed by atoms with Crippen LogP contribution in [0, 0.1) is 15.9 Å². The molecule has 0 spiro atoms. The minimum atomic E-state index is -0.878. The maximum Gasteiger partial charge on any atom is 0.282 e. The van der Waals surface area contributed by atoms with Gasteiger partial charge in [0, 0.05) is 18.3 Å². The van der Waals surface area contributed by atoms with Crippen LogP contribution in [0.3, 0.4) is 0 Å². The van der Waals surface area contributed by atoms with Crippen molar-refractivity contribution in [2.24, 2.45) is 0 Å². The van der Waals surface area contributed by atoms with E-state index in [1.54, 1.807) is 6.07 Å². The summed E-state index contributed by atoms with van der Waals surface area (Å²) in [4.78, 5) is 50.5. The average molecular weight is 383 g/mol. The first-order valence-corrected chi connectivity index (χ1v) is 8.61. The highest BCUT2D eigenvalue weighted by molar-refractivity contribution is 6.24. The third kappa shape index (κ3) is 2.72. The molecule has 0 unspecified atom stereocenters. The number of imide groups is 1. The molecule has 2 heterocycles. The van der Waals surface area contributed by atoms with E-state index in [0.29, 0.717) is 30.0 Å². The number of aryl methyl sites for hydroxylation is 1. The Balaban J connectivity index is 1.63. The number of carbonyl (C=O) groups excluding carboxylic acids is 3. The minimum Gasteiger partial charge on any atom is -0.310 e. The highest BCUT2D eigenvalue weighted by atomic mass is 19.1. The molecule has 4 rings (SSSR count). The largest absolute Gasteiger partial charge is 0.310 e. The van der Waals surface area contributed by atoms with Crippen LogP contribution in [0.4, 0.5) is 15.8 Å². The van der Waals surface area contributed by atoms with E-state index >= 15 is 0 Å². The molecule has 2 aliphatic heterocycles. The van der Waals surface area contributed by atoms with Crippen LogP contribution < -0.4 is 4.90 Å². The van der Waals surface area contributed by atoms with Crippen LogP contribution in [-0.2, 0) is 11.2 Å². The van der Waals surface area contributed by atoms with Gasteiger partial charge in [0.1, 0.15) is 17.9 Å². The van der Waals surface area contributed by atoms with Crippen LogP contribution in [0.5, 0.6) is 0 Å². The van der Waals surface area contributed by atoms with Crippen molar-refractivity contribution in [2.45, 2.75) is 12.8 Å². The molecule has 142 valence electrons. The van der Waals surface area contributed by atoms with Crippen molar-refractivity contribution in [1.29, 1.82) is 0 Å². The lowest BCUT2D eigenvalue weighted by Crippen LogP contribution is -2.44. The lowest BCUT2D eigenvalue weighted by Gasteiger charge is -2.30. The minimum absolute atomic E-state index is 0.0999. The number of nitro groups is 1. The number of rotatable bonds is 3. The number of hydrogen-bond donors (Lipinski definition) is 0. The van der Waals surface area contributed by atoms with Gasteiger partial charge in [0.05, 0.1) is 10.5 Å². The normalized spacial score (nSPS) is 15.5. The fourth-order valence-corrected chi connectivity index (χ4v) is 3.64. The van der Waals surface area contributed by atoms with Crippen molar-refractivity contribution >= 4 is 29.1 Å². The molecule has 2 aliphatic rings. The van der Waals surface area contributed by atoms with Gasteiger partial charge in [-0.3, -0.25) is 29.4 Å². The number of anilines is 1. The second-order valence-electron chi connectivity index (χ2n) is 6.58. The molecule has 0 aliphatic carbocycles. The first-order chi connectivity index (χ1) is 13.4. The Kier molecular flexibility index (Phi) is 4.14. The van der Waals surface area contributed by atoms with Gasteiger partial charge in [-0.15, -0.1) is 0 Å². The Bertz CT molecular complexity index is 1050. The summed E-state index contributed by atoms with van der Waals surface area (Å²) >= 11 is 0. The van der Waals surface area contributed by atoms with Crippen molar-refractivity contribution in [2.75, 3.05) is 18.0 Å². The summed E-state index contributed by atoms with van der Waals surface area (Å²) in [5, 5.41) is 11.2. The number of nitro benzene ring substituents is 1. The molecule has 0 radical (unpaired) electrons. The van der Waals surface area contributed by atoms with Gasteiger partial charge in [-0.25, -0.2) is 4.39 Å². The van der Waals surface area contributed by atoms with E-state index < -0.39 is 40.7 Å². The molecular weight excluding hydrogens is 369 g/mol. The van der Waals surface area contributed by atoms with Crippen molar-refractivity contribution < 1.29 is 23.7 Å². The summed E-state index contributed by atoms with van der Waals surface area (Å²) in [6.45, 7) is -0.238. The molecule has 0 bridgehead atoms. The van der Waals surface area contributed by atoms with Crippen molar-refractivity contribution in [1.82, 2.24) is 4.90 Å². The molecule has 3 amide bonds. The third-order valence-electron chi connectivity index (χ3n) is 4.93. The first kappa shape index (κ1) is 17.8. The Hall–Kier alpha value is -3.62. The van der Waals surface area contributed by atoms with E-state index in [1.165, 1.54) is 29.2 Å². The molecule has 2 aromatic rings. The predicted octanol–water partition coefficient (Wildman–Crippen LogP) is 2.31. The van der Waals surface area contributed by atoms with Crippen LogP contribution >= 0.6 is 0 Å². The summed E-state index contributed by atoms with van der Waals surface area (Å²) in [5.41, 5.74) is 0.335. The SMILES string of the molecule is O=C1c2cccc([N+](=O)[O-])c2C(=O)N1CC(=O)N1CCCc2ccc(F)cc21. The van der Waals surface area contributed by atoms with Crippen molar-refractivity contribution in [3.8, 4) is 0 Å². The quantitative estimate of drug-likeness (QED) is 0.460. The summed E-state index contributed by atoms with van der Waals surface area (Å²) in [6.07, 6.45) is 1.36. The summed E-state index contributed by atoms with van der Waals surface area (Å²) in [6, 6.07) is 7.94. The van der Waals surface area contributed by atoms with Crippen molar-refractivity contribution in [3.05, 3.63) is 69.0 Å². The molecule has 2 aromatic carbocycles. The zero-order valence-corrected chi connectivity index (χ0v) is 14.6. The Morgan fingerprint density at radius 1 is 1.18 bits per heavy atom. The molecule has 0 saturated heterocycles. The molecule has 0 N–H and O–H groups in total. The zero-order valence-electron chi connectivity index (χ0n) is 14.6. The Morgan fingerprint density at radius 2 is 1.96 bits per heavy atom. The van der Waals surface area contributed by atoms with Gasteiger partial charge in [-0.05, 0) is 36.6 Å². The molecular formula is C19H14FN3O5. The molecule has 9 heteroatoms. The Morgan fingerprint density at radius 3 is 2.71 bits per heavy atom. The average Bonchev–Trinajstić information content (AvgIpc) is 2.92.